The largest absolute Gasteiger partial charge is 0.493 e. The third kappa shape index (κ3) is 3.99. The third-order valence-electron chi connectivity index (χ3n) is 3.49. The molecule has 0 aliphatic carbocycles. The number of nitrogens with one attached hydrogen (secondary N) is 1. The second-order valence-corrected chi connectivity index (χ2v) is 5.71. The summed E-state index contributed by atoms with van der Waals surface area (Å²) in [7, 11) is 5.28. The number of benzene rings is 2. The van der Waals surface area contributed by atoms with Crippen LogP contribution in [-0.2, 0) is 6.42 Å². The molecule has 0 aliphatic heterocycles. The zero-order valence-electron chi connectivity index (χ0n) is 12.5. The SMILES string of the molecule is CNC(Cc1ccc(OC)c(OC)c1)c1cccc(Br)c1. The van der Waals surface area contributed by atoms with Crippen molar-refractivity contribution in [2.24, 2.45) is 0 Å². The zero-order valence-corrected chi connectivity index (χ0v) is 14.1. The Labute approximate surface area is 134 Å². The van der Waals surface area contributed by atoms with Crippen molar-refractivity contribution in [1.82, 2.24) is 5.32 Å². The van der Waals surface area contributed by atoms with Gasteiger partial charge in [-0.15, -0.1) is 0 Å². The first kappa shape index (κ1) is 15.9. The highest BCUT2D eigenvalue weighted by atomic mass is 79.9. The molecular formula is C17H20BrNO2. The number of likely N-dealkylation sites (N-methyl/N-ethyl adjacent to an activating group) is 1. The van der Waals surface area contributed by atoms with Crippen LogP contribution < -0.4 is 14.8 Å². The van der Waals surface area contributed by atoms with E-state index >= 15 is 0 Å². The summed E-state index contributed by atoms with van der Waals surface area (Å²) in [6.07, 6.45) is 0.882. The van der Waals surface area contributed by atoms with E-state index in [4.69, 9.17) is 9.47 Å². The fourth-order valence-corrected chi connectivity index (χ4v) is 2.77. The van der Waals surface area contributed by atoms with Crippen LogP contribution in [0.1, 0.15) is 17.2 Å². The van der Waals surface area contributed by atoms with Crippen molar-refractivity contribution in [3.63, 3.8) is 0 Å². The van der Waals surface area contributed by atoms with Gasteiger partial charge in [0.05, 0.1) is 14.2 Å². The number of hydrogen-bond acceptors (Lipinski definition) is 3. The van der Waals surface area contributed by atoms with Crippen LogP contribution >= 0.6 is 15.9 Å². The van der Waals surface area contributed by atoms with Crippen molar-refractivity contribution in [1.29, 1.82) is 0 Å². The minimum atomic E-state index is 0.251. The molecule has 0 heterocycles. The van der Waals surface area contributed by atoms with Crippen LogP contribution in [0, 0.1) is 0 Å². The summed E-state index contributed by atoms with van der Waals surface area (Å²) in [5.41, 5.74) is 2.45. The quantitative estimate of drug-likeness (QED) is 0.855. The number of halogens is 1. The molecule has 0 radical (unpaired) electrons. The highest BCUT2D eigenvalue weighted by molar-refractivity contribution is 9.10. The molecule has 0 fully saturated rings. The number of rotatable bonds is 6. The van der Waals surface area contributed by atoms with Crippen LogP contribution in [0.5, 0.6) is 11.5 Å². The van der Waals surface area contributed by atoms with Crippen molar-refractivity contribution < 1.29 is 9.47 Å². The molecule has 1 N–H and O–H groups in total. The smallest absolute Gasteiger partial charge is 0.160 e. The van der Waals surface area contributed by atoms with E-state index in [-0.39, 0.29) is 6.04 Å². The molecule has 0 aromatic heterocycles. The lowest BCUT2D eigenvalue weighted by Gasteiger charge is -2.18. The van der Waals surface area contributed by atoms with Crippen molar-refractivity contribution in [2.45, 2.75) is 12.5 Å². The molecule has 3 nitrogen and oxygen atoms in total. The molecule has 0 aliphatic rings. The standard InChI is InChI=1S/C17H20BrNO2/c1-19-15(13-5-4-6-14(18)11-13)9-12-7-8-16(20-2)17(10-12)21-3/h4-8,10-11,15,19H,9H2,1-3H3. The lowest BCUT2D eigenvalue weighted by Crippen LogP contribution is -2.18. The first-order valence-electron chi connectivity index (χ1n) is 6.81. The molecule has 1 unspecified atom stereocenters. The molecule has 0 spiro atoms. The maximum atomic E-state index is 5.36. The summed E-state index contributed by atoms with van der Waals surface area (Å²) in [6.45, 7) is 0. The van der Waals surface area contributed by atoms with Gasteiger partial charge in [0.25, 0.3) is 0 Å². The second kappa shape index (κ2) is 7.48. The van der Waals surface area contributed by atoms with E-state index < -0.39 is 0 Å². The lowest BCUT2D eigenvalue weighted by molar-refractivity contribution is 0.354. The van der Waals surface area contributed by atoms with Crippen molar-refractivity contribution >= 4 is 15.9 Å². The van der Waals surface area contributed by atoms with E-state index in [1.807, 2.05) is 25.2 Å². The summed E-state index contributed by atoms with van der Waals surface area (Å²) >= 11 is 3.52. The number of hydrogen-bond donors (Lipinski definition) is 1. The predicted molar refractivity (Wildman–Crippen MR) is 89.2 cm³/mol. The maximum absolute atomic E-state index is 5.36. The molecule has 4 heteroatoms. The molecule has 21 heavy (non-hydrogen) atoms. The van der Waals surface area contributed by atoms with Gasteiger partial charge in [0, 0.05) is 10.5 Å². The van der Waals surface area contributed by atoms with Crippen LogP contribution in [0.25, 0.3) is 0 Å². The summed E-state index contributed by atoms with van der Waals surface area (Å²) in [4.78, 5) is 0. The Balaban J connectivity index is 2.22. The summed E-state index contributed by atoms with van der Waals surface area (Å²) in [5.74, 6) is 1.52. The second-order valence-electron chi connectivity index (χ2n) is 4.79. The Bertz CT molecular complexity index is 601. The highest BCUT2D eigenvalue weighted by Gasteiger charge is 2.12. The molecule has 0 saturated heterocycles. The summed E-state index contributed by atoms with van der Waals surface area (Å²) in [5, 5.41) is 3.37. The monoisotopic (exact) mass is 349 g/mol. The van der Waals surface area contributed by atoms with Gasteiger partial charge < -0.3 is 14.8 Å². The van der Waals surface area contributed by atoms with Crippen molar-refractivity contribution in [3.8, 4) is 11.5 Å². The van der Waals surface area contributed by atoms with Crippen LogP contribution in [0.2, 0.25) is 0 Å². The fourth-order valence-electron chi connectivity index (χ4n) is 2.35. The Kier molecular flexibility index (Phi) is 5.65. The predicted octanol–water partition coefficient (Wildman–Crippen LogP) is 3.97. The van der Waals surface area contributed by atoms with E-state index in [0.29, 0.717) is 0 Å². The zero-order chi connectivity index (χ0) is 15.2. The van der Waals surface area contributed by atoms with Gasteiger partial charge in [-0.05, 0) is 48.9 Å². The summed E-state index contributed by atoms with van der Waals surface area (Å²) < 4.78 is 11.7. The van der Waals surface area contributed by atoms with Gasteiger partial charge in [0.1, 0.15) is 0 Å². The molecule has 2 aromatic carbocycles. The van der Waals surface area contributed by atoms with Crippen LogP contribution in [-0.4, -0.2) is 21.3 Å². The molecule has 0 amide bonds. The van der Waals surface area contributed by atoms with E-state index in [0.717, 1.165) is 22.4 Å². The maximum Gasteiger partial charge on any atom is 0.160 e. The molecular weight excluding hydrogens is 330 g/mol. The Hall–Kier alpha value is -1.52. The van der Waals surface area contributed by atoms with Crippen LogP contribution in [0.15, 0.2) is 46.9 Å². The van der Waals surface area contributed by atoms with Gasteiger partial charge in [-0.3, -0.25) is 0 Å². The molecule has 2 aromatic rings. The van der Waals surface area contributed by atoms with Crippen LogP contribution in [0.3, 0.4) is 0 Å². The number of ether oxygens (including phenoxy) is 2. The fraction of sp³-hybridized carbons (Fsp3) is 0.294. The summed E-state index contributed by atoms with van der Waals surface area (Å²) in [6, 6.07) is 14.7. The van der Waals surface area contributed by atoms with E-state index in [9.17, 15) is 0 Å². The normalized spacial score (nSPS) is 12.0. The first-order chi connectivity index (χ1) is 10.2. The van der Waals surface area contributed by atoms with Gasteiger partial charge in [-0.25, -0.2) is 0 Å². The lowest BCUT2D eigenvalue weighted by atomic mass is 9.99. The minimum absolute atomic E-state index is 0.251. The van der Waals surface area contributed by atoms with Crippen molar-refractivity contribution in [3.05, 3.63) is 58.1 Å². The molecule has 1 atom stereocenters. The first-order valence-corrected chi connectivity index (χ1v) is 7.61. The molecule has 0 saturated carbocycles. The molecule has 112 valence electrons. The average Bonchev–Trinajstić information content (AvgIpc) is 2.52. The topological polar surface area (TPSA) is 30.5 Å². The van der Waals surface area contributed by atoms with Crippen LogP contribution in [0.4, 0.5) is 0 Å². The highest BCUT2D eigenvalue weighted by Crippen LogP contribution is 2.30. The minimum Gasteiger partial charge on any atom is -0.493 e. The average molecular weight is 350 g/mol. The third-order valence-corrected chi connectivity index (χ3v) is 3.98. The molecule has 0 bridgehead atoms. The Morgan fingerprint density at radius 3 is 2.43 bits per heavy atom. The van der Waals surface area contributed by atoms with E-state index in [1.54, 1.807) is 14.2 Å². The Morgan fingerprint density at radius 2 is 1.81 bits per heavy atom. The van der Waals surface area contributed by atoms with E-state index in [1.165, 1.54) is 11.1 Å². The van der Waals surface area contributed by atoms with Gasteiger partial charge in [-0.1, -0.05) is 34.1 Å². The van der Waals surface area contributed by atoms with Gasteiger partial charge in [0.2, 0.25) is 0 Å². The molecule has 2 rings (SSSR count). The van der Waals surface area contributed by atoms with Gasteiger partial charge in [-0.2, -0.15) is 0 Å². The van der Waals surface area contributed by atoms with Gasteiger partial charge in [0.15, 0.2) is 11.5 Å². The van der Waals surface area contributed by atoms with Gasteiger partial charge >= 0.3 is 0 Å². The van der Waals surface area contributed by atoms with E-state index in [2.05, 4.69) is 45.5 Å². The Morgan fingerprint density at radius 1 is 1.05 bits per heavy atom. The number of methoxy groups -OCH3 is 2. The van der Waals surface area contributed by atoms with Crippen molar-refractivity contribution in [2.75, 3.05) is 21.3 Å².